The summed E-state index contributed by atoms with van der Waals surface area (Å²) in [4.78, 5) is 22.3. The Hall–Kier alpha value is -3.10. The Balaban J connectivity index is 1.90. The fourth-order valence-corrected chi connectivity index (χ4v) is 2.10. The molecule has 9 heteroatoms. The van der Waals surface area contributed by atoms with Crippen LogP contribution in [0.15, 0.2) is 48.5 Å². The summed E-state index contributed by atoms with van der Waals surface area (Å²) in [6.45, 7) is 0.171. The number of nitro benzene ring substituents is 1. The SMILES string of the molecule is O=C(NCCc1ccc(OC(F)(F)F)cc1)c1ccccc1[N+](=O)[O-]. The van der Waals surface area contributed by atoms with Gasteiger partial charge in [-0.15, -0.1) is 13.2 Å². The van der Waals surface area contributed by atoms with E-state index in [1.165, 1.54) is 48.5 Å². The molecule has 0 spiro atoms. The fourth-order valence-electron chi connectivity index (χ4n) is 2.10. The van der Waals surface area contributed by atoms with Crippen molar-refractivity contribution < 1.29 is 27.6 Å². The number of amides is 1. The van der Waals surface area contributed by atoms with E-state index in [1.807, 2.05) is 0 Å². The number of halogens is 3. The van der Waals surface area contributed by atoms with Gasteiger partial charge in [0.1, 0.15) is 11.3 Å². The van der Waals surface area contributed by atoms with Crippen molar-refractivity contribution in [1.82, 2.24) is 5.32 Å². The zero-order valence-corrected chi connectivity index (χ0v) is 12.7. The topological polar surface area (TPSA) is 81.5 Å². The summed E-state index contributed by atoms with van der Waals surface area (Å²) in [5.74, 6) is -0.926. The maximum atomic E-state index is 12.1. The molecule has 1 N–H and O–H groups in total. The summed E-state index contributed by atoms with van der Waals surface area (Å²) in [6, 6.07) is 10.8. The first kappa shape index (κ1) is 18.2. The van der Waals surface area contributed by atoms with Gasteiger partial charge in [-0.1, -0.05) is 24.3 Å². The molecule has 132 valence electrons. The average Bonchev–Trinajstić information content (AvgIpc) is 2.55. The molecule has 0 aliphatic heterocycles. The quantitative estimate of drug-likeness (QED) is 0.636. The summed E-state index contributed by atoms with van der Waals surface area (Å²) in [5.41, 5.74) is 0.326. The van der Waals surface area contributed by atoms with Gasteiger partial charge in [0.25, 0.3) is 11.6 Å². The highest BCUT2D eigenvalue weighted by atomic mass is 19.4. The molecule has 2 aromatic carbocycles. The predicted octanol–water partition coefficient (Wildman–Crippen LogP) is 3.47. The van der Waals surface area contributed by atoms with Gasteiger partial charge < -0.3 is 10.1 Å². The maximum absolute atomic E-state index is 12.1. The van der Waals surface area contributed by atoms with E-state index in [0.717, 1.165) is 0 Å². The molecule has 0 fully saturated rings. The molecular weight excluding hydrogens is 341 g/mol. The van der Waals surface area contributed by atoms with Crippen LogP contribution < -0.4 is 10.1 Å². The summed E-state index contributed by atoms with van der Waals surface area (Å²) in [6.07, 6.45) is -4.40. The second-order valence-electron chi connectivity index (χ2n) is 4.97. The molecule has 1 amide bonds. The summed E-state index contributed by atoms with van der Waals surface area (Å²) >= 11 is 0. The van der Waals surface area contributed by atoms with E-state index in [1.54, 1.807) is 0 Å². The van der Waals surface area contributed by atoms with Crippen LogP contribution in [0, 0.1) is 10.1 Å². The molecule has 0 unspecified atom stereocenters. The summed E-state index contributed by atoms with van der Waals surface area (Å²) in [7, 11) is 0. The van der Waals surface area contributed by atoms with Gasteiger partial charge in [-0.2, -0.15) is 0 Å². The largest absolute Gasteiger partial charge is 0.573 e. The Morgan fingerprint density at radius 2 is 1.76 bits per heavy atom. The number of nitro groups is 1. The van der Waals surface area contributed by atoms with Crippen LogP contribution in [-0.2, 0) is 6.42 Å². The second-order valence-corrected chi connectivity index (χ2v) is 4.97. The molecule has 0 aliphatic carbocycles. The standard InChI is InChI=1S/C16H13F3N2O4/c17-16(18,19)25-12-7-5-11(6-8-12)9-10-20-15(22)13-3-1-2-4-14(13)21(23)24/h1-8H,9-10H2,(H,20,22). The van der Waals surface area contributed by atoms with Gasteiger partial charge >= 0.3 is 6.36 Å². The molecule has 0 heterocycles. The van der Waals surface area contributed by atoms with Crippen LogP contribution in [0.25, 0.3) is 0 Å². The van der Waals surface area contributed by atoms with Gasteiger partial charge in [-0.25, -0.2) is 0 Å². The lowest BCUT2D eigenvalue weighted by Crippen LogP contribution is -2.26. The highest BCUT2D eigenvalue weighted by Crippen LogP contribution is 2.22. The molecule has 0 radical (unpaired) electrons. The molecule has 0 atom stereocenters. The Labute approximate surface area is 140 Å². The number of para-hydroxylation sites is 1. The first-order chi connectivity index (χ1) is 11.8. The minimum absolute atomic E-state index is 0.0542. The first-order valence-electron chi connectivity index (χ1n) is 7.12. The number of nitrogens with zero attached hydrogens (tertiary/aromatic N) is 1. The van der Waals surface area contributed by atoms with Crippen molar-refractivity contribution >= 4 is 11.6 Å². The lowest BCUT2D eigenvalue weighted by atomic mass is 10.1. The number of hydrogen-bond acceptors (Lipinski definition) is 4. The number of carbonyl (C=O) groups is 1. The highest BCUT2D eigenvalue weighted by molar-refractivity contribution is 5.98. The van der Waals surface area contributed by atoms with Crippen molar-refractivity contribution in [3.05, 3.63) is 69.8 Å². The minimum atomic E-state index is -4.75. The lowest BCUT2D eigenvalue weighted by molar-refractivity contribution is -0.385. The average molecular weight is 354 g/mol. The Morgan fingerprint density at radius 3 is 2.36 bits per heavy atom. The zero-order valence-electron chi connectivity index (χ0n) is 12.7. The maximum Gasteiger partial charge on any atom is 0.573 e. The summed E-state index contributed by atoms with van der Waals surface area (Å²) in [5, 5.41) is 13.4. The molecule has 2 rings (SSSR count). The van der Waals surface area contributed by atoms with E-state index in [9.17, 15) is 28.1 Å². The van der Waals surface area contributed by atoms with Crippen LogP contribution in [-0.4, -0.2) is 23.7 Å². The summed E-state index contributed by atoms with van der Waals surface area (Å²) < 4.78 is 40.0. The van der Waals surface area contributed by atoms with Crippen LogP contribution in [0.5, 0.6) is 5.75 Å². The van der Waals surface area contributed by atoms with Crippen LogP contribution in [0.1, 0.15) is 15.9 Å². The van der Waals surface area contributed by atoms with Gasteiger partial charge in [0, 0.05) is 12.6 Å². The van der Waals surface area contributed by atoms with Crippen molar-refractivity contribution in [1.29, 1.82) is 0 Å². The Morgan fingerprint density at radius 1 is 1.12 bits per heavy atom. The molecule has 0 bridgehead atoms. The van der Waals surface area contributed by atoms with Crippen molar-refractivity contribution in [2.45, 2.75) is 12.8 Å². The van der Waals surface area contributed by atoms with Crippen LogP contribution in [0.2, 0.25) is 0 Å². The molecule has 6 nitrogen and oxygen atoms in total. The lowest BCUT2D eigenvalue weighted by Gasteiger charge is -2.09. The molecular formula is C16H13F3N2O4. The number of carbonyl (C=O) groups excluding carboxylic acids is 1. The van der Waals surface area contributed by atoms with Gasteiger partial charge in [-0.3, -0.25) is 14.9 Å². The zero-order chi connectivity index (χ0) is 18.4. The highest BCUT2D eigenvalue weighted by Gasteiger charge is 2.30. The third-order valence-electron chi connectivity index (χ3n) is 3.20. The number of alkyl halides is 3. The van der Waals surface area contributed by atoms with Crippen molar-refractivity contribution in [3.63, 3.8) is 0 Å². The first-order valence-corrected chi connectivity index (χ1v) is 7.12. The number of hydrogen-bond donors (Lipinski definition) is 1. The molecule has 0 aliphatic rings. The smallest absolute Gasteiger partial charge is 0.406 e. The van der Waals surface area contributed by atoms with E-state index in [-0.39, 0.29) is 23.5 Å². The second kappa shape index (κ2) is 7.65. The van der Waals surface area contributed by atoms with E-state index in [0.29, 0.717) is 12.0 Å². The van der Waals surface area contributed by atoms with E-state index < -0.39 is 17.2 Å². The van der Waals surface area contributed by atoms with E-state index in [4.69, 9.17) is 0 Å². The molecule has 25 heavy (non-hydrogen) atoms. The van der Waals surface area contributed by atoms with Crippen LogP contribution in [0.4, 0.5) is 18.9 Å². The van der Waals surface area contributed by atoms with Crippen molar-refractivity contribution in [2.75, 3.05) is 6.54 Å². The van der Waals surface area contributed by atoms with Crippen molar-refractivity contribution in [2.24, 2.45) is 0 Å². The van der Waals surface area contributed by atoms with Crippen LogP contribution in [0.3, 0.4) is 0 Å². The van der Waals surface area contributed by atoms with Gasteiger partial charge in [-0.05, 0) is 30.2 Å². The Bertz CT molecular complexity index is 761. The third kappa shape index (κ3) is 5.48. The fraction of sp³-hybridized carbons (Fsp3) is 0.188. The van der Waals surface area contributed by atoms with Crippen LogP contribution >= 0.6 is 0 Å². The monoisotopic (exact) mass is 354 g/mol. The van der Waals surface area contributed by atoms with Gasteiger partial charge in [0.15, 0.2) is 0 Å². The number of rotatable bonds is 6. The number of ether oxygens (including phenoxy) is 1. The Kier molecular flexibility index (Phi) is 5.58. The minimum Gasteiger partial charge on any atom is -0.406 e. The van der Waals surface area contributed by atoms with E-state index in [2.05, 4.69) is 10.1 Å². The molecule has 0 saturated carbocycles. The normalized spacial score (nSPS) is 11.0. The number of nitrogens with one attached hydrogen (secondary N) is 1. The number of benzene rings is 2. The van der Waals surface area contributed by atoms with E-state index >= 15 is 0 Å². The molecule has 2 aromatic rings. The van der Waals surface area contributed by atoms with Gasteiger partial charge in [0.2, 0.25) is 0 Å². The third-order valence-corrected chi connectivity index (χ3v) is 3.20. The van der Waals surface area contributed by atoms with Crippen molar-refractivity contribution in [3.8, 4) is 5.75 Å². The van der Waals surface area contributed by atoms with Gasteiger partial charge in [0.05, 0.1) is 4.92 Å². The predicted molar refractivity (Wildman–Crippen MR) is 82.3 cm³/mol. The molecule has 0 saturated heterocycles. The molecule has 0 aromatic heterocycles.